The summed E-state index contributed by atoms with van der Waals surface area (Å²) >= 11 is 1.09. The van der Waals surface area contributed by atoms with E-state index in [9.17, 15) is 13.2 Å². The standard InChI is InChI=1S/C21H24N4O5S2/c1-23(2)14-16-7-12-30-19(16)15-3-5-17(6-4-15)32(28,29)25-10-8-24(9-11-25)21-22-13-18(31-21)20(26)27/h3-7,12-13H,8-11,14H2,1-2H3,(H,26,27). The van der Waals surface area contributed by atoms with Crippen molar-refractivity contribution < 1.29 is 22.7 Å². The molecule has 0 atom stereocenters. The normalized spacial score (nSPS) is 15.4. The molecule has 1 aliphatic rings. The minimum Gasteiger partial charge on any atom is -0.477 e. The highest BCUT2D eigenvalue weighted by Gasteiger charge is 2.29. The van der Waals surface area contributed by atoms with Crippen LogP contribution < -0.4 is 4.90 Å². The minimum atomic E-state index is -3.63. The number of furan rings is 1. The number of aromatic carboxylic acids is 1. The van der Waals surface area contributed by atoms with Crippen molar-refractivity contribution in [3.8, 4) is 11.3 Å². The molecule has 4 rings (SSSR count). The van der Waals surface area contributed by atoms with Crippen LogP contribution in [0.15, 0.2) is 52.1 Å². The van der Waals surface area contributed by atoms with E-state index >= 15 is 0 Å². The summed E-state index contributed by atoms with van der Waals surface area (Å²) in [5.41, 5.74) is 1.86. The fraction of sp³-hybridized carbons (Fsp3) is 0.333. The molecule has 0 spiro atoms. The Bertz CT molecular complexity index is 1190. The predicted octanol–water partition coefficient (Wildman–Crippen LogP) is 2.67. The molecular formula is C21H24N4O5S2. The molecule has 1 aliphatic heterocycles. The summed E-state index contributed by atoms with van der Waals surface area (Å²) < 4.78 is 33.3. The van der Waals surface area contributed by atoms with E-state index in [0.717, 1.165) is 34.8 Å². The van der Waals surface area contributed by atoms with Gasteiger partial charge in [-0.25, -0.2) is 18.2 Å². The molecule has 3 heterocycles. The molecule has 11 heteroatoms. The lowest BCUT2D eigenvalue weighted by Crippen LogP contribution is -2.48. The van der Waals surface area contributed by atoms with Crippen LogP contribution in [0.4, 0.5) is 5.13 Å². The third kappa shape index (κ3) is 4.56. The van der Waals surface area contributed by atoms with Gasteiger partial charge < -0.3 is 19.3 Å². The molecule has 170 valence electrons. The Morgan fingerprint density at radius 2 is 1.84 bits per heavy atom. The van der Waals surface area contributed by atoms with Crippen molar-refractivity contribution in [1.29, 1.82) is 0 Å². The van der Waals surface area contributed by atoms with Crippen molar-refractivity contribution in [2.45, 2.75) is 11.4 Å². The van der Waals surface area contributed by atoms with Gasteiger partial charge in [-0.1, -0.05) is 11.3 Å². The summed E-state index contributed by atoms with van der Waals surface area (Å²) in [6.07, 6.45) is 2.97. The molecule has 0 bridgehead atoms. The van der Waals surface area contributed by atoms with E-state index in [1.807, 2.05) is 30.0 Å². The topological polar surface area (TPSA) is 107 Å². The second-order valence-corrected chi connectivity index (χ2v) is 10.7. The van der Waals surface area contributed by atoms with Crippen LogP contribution in [0, 0.1) is 0 Å². The van der Waals surface area contributed by atoms with Crippen LogP contribution in [0.1, 0.15) is 15.2 Å². The fourth-order valence-corrected chi connectivity index (χ4v) is 5.84. The zero-order chi connectivity index (χ0) is 22.9. The Hall–Kier alpha value is -2.73. The molecule has 0 saturated carbocycles. The van der Waals surface area contributed by atoms with Gasteiger partial charge in [-0.05, 0) is 44.4 Å². The Morgan fingerprint density at radius 1 is 1.16 bits per heavy atom. The number of piperazine rings is 1. The molecule has 0 radical (unpaired) electrons. The summed E-state index contributed by atoms with van der Waals surface area (Å²) in [7, 11) is 0.322. The average Bonchev–Trinajstić information content (AvgIpc) is 3.43. The maximum atomic E-state index is 13.1. The van der Waals surface area contributed by atoms with E-state index in [4.69, 9.17) is 9.52 Å². The van der Waals surface area contributed by atoms with Gasteiger partial charge in [-0.3, -0.25) is 0 Å². The summed E-state index contributed by atoms with van der Waals surface area (Å²) in [5.74, 6) is -0.276. The van der Waals surface area contributed by atoms with Crippen molar-refractivity contribution in [2.24, 2.45) is 0 Å². The van der Waals surface area contributed by atoms with Gasteiger partial charge in [-0.15, -0.1) is 0 Å². The van der Waals surface area contributed by atoms with Crippen LogP contribution in [-0.2, 0) is 16.6 Å². The molecule has 1 saturated heterocycles. The van der Waals surface area contributed by atoms with E-state index < -0.39 is 16.0 Å². The molecule has 0 unspecified atom stereocenters. The molecule has 3 aromatic rings. The van der Waals surface area contributed by atoms with Gasteiger partial charge in [0.15, 0.2) is 5.13 Å². The van der Waals surface area contributed by atoms with Crippen molar-refractivity contribution in [2.75, 3.05) is 45.2 Å². The molecule has 1 N–H and O–H groups in total. The molecule has 1 fully saturated rings. The third-order valence-electron chi connectivity index (χ3n) is 5.20. The summed E-state index contributed by atoms with van der Waals surface area (Å²) in [5, 5.41) is 9.65. The van der Waals surface area contributed by atoms with E-state index in [2.05, 4.69) is 4.98 Å². The van der Waals surface area contributed by atoms with Gasteiger partial charge in [0.2, 0.25) is 10.0 Å². The lowest BCUT2D eigenvalue weighted by Gasteiger charge is -2.33. The number of benzene rings is 1. The van der Waals surface area contributed by atoms with Crippen LogP contribution in [0.3, 0.4) is 0 Å². The maximum Gasteiger partial charge on any atom is 0.347 e. The first-order valence-corrected chi connectivity index (χ1v) is 12.3. The lowest BCUT2D eigenvalue weighted by atomic mass is 10.1. The van der Waals surface area contributed by atoms with E-state index in [0.29, 0.717) is 31.3 Å². The molecular weight excluding hydrogens is 452 g/mol. The quantitative estimate of drug-likeness (QED) is 0.555. The Kier molecular flexibility index (Phi) is 6.33. The number of hydrogen-bond donors (Lipinski definition) is 1. The Labute approximate surface area is 190 Å². The first-order valence-electron chi connectivity index (χ1n) is 10.0. The number of rotatable bonds is 7. The average molecular weight is 477 g/mol. The number of anilines is 1. The third-order valence-corrected chi connectivity index (χ3v) is 8.16. The van der Waals surface area contributed by atoms with Gasteiger partial charge in [0.25, 0.3) is 0 Å². The minimum absolute atomic E-state index is 0.167. The molecule has 0 aliphatic carbocycles. The second-order valence-electron chi connectivity index (χ2n) is 7.74. The van der Waals surface area contributed by atoms with Crippen LogP contribution in [-0.4, -0.2) is 74.0 Å². The summed E-state index contributed by atoms with van der Waals surface area (Å²) in [6.45, 7) is 2.23. The highest BCUT2D eigenvalue weighted by atomic mass is 32.2. The molecule has 9 nitrogen and oxygen atoms in total. The highest BCUT2D eigenvalue weighted by molar-refractivity contribution is 7.89. The van der Waals surface area contributed by atoms with Gasteiger partial charge in [0, 0.05) is 43.9 Å². The van der Waals surface area contributed by atoms with Gasteiger partial charge >= 0.3 is 5.97 Å². The van der Waals surface area contributed by atoms with Crippen molar-refractivity contribution in [3.63, 3.8) is 0 Å². The highest BCUT2D eigenvalue weighted by Crippen LogP contribution is 2.29. The molecule has 0 amide bonds. The zero-order valence-corrected chi connectivity index (χ0v) is 19.4. The fourth-order valence-electron chi connectivity index (χ4n) is 3.61. The van der Waals surface area contributed by atoms with Crippen molar-refractivity contribution in [3.05, 3.63) is 53.2 Å². The Balaban J connectivity index is 1.45. The van der Waals surface area contributed by atoms with Crippen LogP contribution in [0.2, 0.25) is 0 Å². The SMILES string of the molecule is CN(C)Cc1ccoc1-c1ccc(S(=O)(=O)N2CCN(c3ncc(C(=O)O)s3)CC2)cc1. The van der Waals surface area contributed by atoms with Gasteiger partial charge in [0.05, 0.1) is 17.4 Å². The molecule has 2 aromatic heterocycles. The molecule has 32 heavy (non-hydrogen) atoms. The van der Waals surface area contributed by atoms with Crippen molar-refractivity contribution >= 4 is 32.5 Å². The maximum absolute atomic E-state index is 13.1. The van der Waals surface area contributed by atoms with Gasteiger partial charge in [-0.2, -0.15) is 4.31 Å². The number of carbonyl (C=O) groups is 1. The van der Waals surface area contributed by atoms with E-state index in [1.165, 1.54) is 10.5 Å². The van der Waals surface area contributed by atoms with Gasteiger partial charge in [0.1, 0.15) is 10.6 Å². The largest absolute Gasteiger partial charge is 0.477 e. The van der Waals surface area contributed by atoms with E-state index in [1.54, 1.807) is 30.5 Å². The Morgan fingerprint density at radius 3 is 2.44 bits per heavy atom. The van der Waals surface area contributed by atoms with Crippen molar-refractivity contribution in [1.82, 2.24) is 14.2 Å². The van der Waals surface area contributed by atoms with Crippen LogP contribution in [0.5, 0.6) is 0 Å². The van der Waals surface area contributed by atoms with E-state index in [-0.39, 0.29) is 9.77 Å². The predicted molar refractivity (Wildman–Crippen MR) is 122 cm³/mol. The van der Waals surface area contributed by atoms with Crippen LogP contribution in [0.25, 0.3) is 11.3 Å². The number of aromatic nitrogens is 1. The number of carboxylic acid groups (broad SMARTS) is 1. The monoisotopic (exact) mass is 476 g/mol. The number of sulfonamides is 1. The number of hydrogen-bond acceptors (Lipinski definition) is 8. The summed E-state index contributed by atoms with van der Waals surface area (Å²) in [4.78, 5) is 19.6. The number of nitrogens with zero attached hydrogens (tertiary/aromatic N) is 4. The zero-order valence-electron chi connectivity index (χ0n) is 17.8. The molecule has 1 aromatic carbocycles. The first kappa shape index (κ1) is 22.5. The van der Waals surface area contributed by atoms with Crippen LogP contribution >= 0.6 is 11.3 Å². The summed E-state index contributed by atoms with van der Waals surface area (Å²) in [6, 6.07) is 8.67. The first-order chi connectivity index (χ1) is 15.3. The number of thiazole rings is 1. The smallest absolute Gasteiger partial charge is 0.347 e. The second kappa shape index (κ2) is 9.02. The lowest BCUT2D eigenvalue weighted by molar-refractivity contribution is 0.0702. The number of carboxylic acids is 1.